The summed E-state index contributed by atoms with van der Waals surface area (Å²) in [6.45, 7) is 6.46. The summed E-state index contributed by atoms with van der Waals surface area (Å²) in [5.41, 5.74) is 7.22. The van der Waals surface area contributed by atoms with E-state index in [0.29, 0.717) is 18.8 Å². The number of nitrogens with zero attached hydrogens (tertiary/aromatic N) is 1. The largest absolute Gasteiger partial charge is 0.399 e. The highest BCUT2D eigenvalue weighted by Crippen LogP contribution is 2.13. The van der Waals surface area contributed by atoms with E-state index >= 15 is 0 Å². The van der Waals surface area contributed by atoms with Gasteiger partial charge in [-0.2, -0.15) is 12.7 Å². The lowest BCUT2D eigenvalue weighted by molar-refractivity contribution is 0.342. The zero-order valence-corrected chi connectivity index (χ0v) is 12.6. The number of nitrogens with two attached hydrogens (primary N) is 1. The molecule has 0 radical (unpaired) electrons. The van der Waals surface area contributed by atoms with E-state index in [2.05, 4.69) is 4.72 Å². The lowest BCUT2D eigenvalue weighted by Crippen LogP contribution is -2.44. The van der Waals surface area contributed by atoms with Crippen LogP contribution in [-0.4, -0.2) is 25.3 Å². The zero-order valence-electron chi connectivity index (χ0n) is 11.8. The standard InChI is InChI=1S/C13H23N3O2S/c1-4-9-15-19(17,18)16(11(2)3)10-12-5-7-13(14)8-6-12/h5-8,11,15H,4,9-10,14H2,1-3H3. The van der Waals surface area contributed by atoms with Crippen molar-refractivity contribution in [2.75, 3.05) is 12.3 Å². The molecule has 1 aromatic carbocycles. The molecule has 0 spiro atoms. The van der Waals surface area contributed by atoms with Crippen LogP contribution in [0.3, 0.4) is 0 Å². The summed E-state index contributed by atoms with van der Waals surface area (Å²) in [7, 11) is -3.44. The fourth-order valence-electron chi connectivity index (χ4n) is 1.66. The van der Waals surface area contributed by atoms with Gasteiger partial charge in [0.1, 0.15) is 0 Å². The van der Waals surface area contributed by atoms with Crippen LogP contribution >= 0.6 is 0 Å². The van der Waals surface area contributed by atoms with E-state index in [1.165, 1.54) is 4.31 Å². The Morgan fingerprint density at radius 1 is 1.26 bits per heavy atom. The monoisotopic (exact) mass is 285 g/mol. The van der Waals surface area contributed by atoms with Gasteiger partial charge in [0.15, 0.2) is 0 Å². The number of hydrogen-bond donors (Lipinski definition) is 2. The number of hydrogen-bond acceptors (Lipinski definition) is 3. The fourth-order valence-corrected chi connectivity index (χ4v) is 3.16. The molecule has 0 atom stereocenters. The van der Waals surface area contributed by atoms with Crippen LogP contribution in [0.4, 0.5) is 5.69 Å². The summed E-state index contributed by atoms with van der Waals surface area (Å²) >= 11 is 0. The number of rotatable bonds is 7. The first kappa shape index (κ1) is 15.9. The molecule has 0 bridgehead atoms. The van der Waals surface area contributed by atoms with E-state index in [1.54, 1.807) is 12.1 Å². The van der Waals surface area contributed by atoms with Crippen molar-refractivity contribution in [3.05, 3.63) is 29.8 Å². The SMILES string of the molecule is CCCNS(=O)(=O)N(Cc1ccc(N)cc1)C(C)C. The maximum atomic E-state index is 12.2. The van der Waals surface area contributed by atoms with Gasteiger partial charge in [-0.05, 0) is 38.0 Å². The van der Waals surface area contributed by atoms with Crippen molar-refractivity contribution in [3.63, 3.8) is 0 Å². The molecule has 0 saturated heterocycles. The van der Waals surface area contributed by atoms with Gasteiger partial charge in [-0.3, -0.25) is 0 Å². The third-order valence-electron chi connectivity index (χ3n) is 2.74. The molecule has 0 heterocycles. The lowest BCUT2D eigenvalue weighted by atomic mass is 10.2. The molecule has 1 aromatic rings. The van der Waals surface area contributed by atoms with Crippen LogP contribution in [0.15, 0.2) is 24.3 Å². The summed E-state index contributed by atoms with van der Waals surface area (Å²) < 4.78 is 28.4. The number of anilines is 1. The van der Waals surface area contributed by atoms with Crippen molar-refractivity contribution in [2.24, 2.45) is 0 Å². The van der Waals surface area contributed by atoms with Gasteiger partial charge in [0.2, 0.25) is 0 Å². The summed E-state index contributed by atoms with van der Waals surface area (Å²) in [6, 6.07) is 7.15. The molecule has 0 fully saturated rings. The van der Waals surface area contributed by atoms with E-state index in [9.17, 15) is 8.42 Å². The third kappa shape index (κ3) is 4.81. The second-order valence-electron chi connectivity index (χ2n) is 4.78. The fraction of sp³-hybridized carbons (Fsp3) is 0.538. The minimum absolute atomic E-state index is 0.105. The quantitative estimate of drug-likeness (QED) is 0.749. The lowest BCUT2D eigenvalue weighted by Gasteiger charge is -2.26. The number of nitrogen functional groups attached to an aromatic ring is 1. The highest BCUT2D eigenvalue weighted by atomic mass is 32.2. The van der Waals surface area contributed by atoms with E-state index < -0.39 is 10.2 Å². The Kier molecular flexibility index (Phi) is 5.78. The normalized spacial score (nSPS) is 12.3. The van der Waals surface area contributed by atoms with Gasteiger partial charge in [-0.15, -0.1) is 0 Å². The Labute approximate surface area is 116 Å². The van der Waals surface area contributed by atoms with Gasteiger partial charge in [0, 0.05) is 24.8 Å². The molecule has 3 N–H and O–H groups in total. The Hall–Kier alpha value is -1.11. The average molecular weight is 285 g/mol. The van der Waals surface area contributed by atoms with Gasteiger partial charge in [0.05, 0.1) is 0 Å². The first-order chi connectivity index (χ1) is 8.86. The van der Waals surface area contributed by atoms with Crippen LogP contribution < -0.4 is 10.5 Å². The number of benzene rings is 1. The van der Waals surface area contributed by atoms with Crippen molar-refractivity contribution >= 4 is 15.9 Å². The molecule has 0 aliphatic heterocycles. The maximum Gasteiger partial charge on any atom is 0.279 e. The van der Waals surface area contributed by atoms with Gasteiger partial charge in [0.25, 0.3) is 10.2 Å². The summed E-state index contributed by atoms with van der Waals surface area (Å²) in [5.74, 6) is 0. The molecule has 0 amide bonds. The molecule has 0 aliphatic carbocycles. The van der Waals surface area contributed by atoms with Gasteiger partial charge < -0.3 is 5.73 Å². The highest BCUT2D eigenvalue weighted by molar-refractivity contribution is 7.87. The Morgan fingerprint density at radius 2 is 1.84 bits per heavy atom. The first-order valence-electron chi connectivity index (χ1n) is 6.47. The van der Waals surface area contributed by atoms with Crippen LogP contribution in [0.5, 0.6) is 0 Å². The molecular weight excluding hydrogens is 262 g/mol. The van der Waals surface area contributed by atoms with E-state index in [-0.39, 0.29) is 6.04 Å². The summed E-state index contributed by atoms with van der Waals surface area (Å²) in [4.78, 5) is 0. The molecule has 19 heavy (non-hydrogen) atoms. The minimum atomic E-state index is -3.44. The molecular formula is C13H23N3O2S. The van der Waals surface area contributed by atoms with E-state index in [4.69, 9.17) is 5.73 Å². The second kappa shape index (κ2) is 6.88. The van der Waals surface area contributed by atoms with Crippen LogP contribution in [-0.2, 0) is 16.8 Å². The summed E-state index contributed by atoms with van der Waals surface area (Å²) in [5, 5.41) is 0. The predicted octanol–water partition coefficient (Wildman–Crippen LogP) is 1.72. The van der Waals surface area contributed by atoms with Gasteiger partial charge in [-0.25, -0.2) is 4.72 Å². The molecule has 0 saturated carbocycles. The van der Waals surface area contributed by atoms with Crippen molar-refractivity contribution < 1.29 is 8.42 Å². The first-order valence-corrected chi connectivity index (χ1v) is 7.91. The third-order valence-corrected chi connectivity index (χ3v) is 4.47. The second-order valence-corrected chi connectivity index (χ2v) is 6.49. The van der Waals surface area contributed by atoms with Crippen LogP contribution in [0.2, 0.25) is 0 Å². The molecule has 6 heteroatoms. The van der Waals surface area contributed by atoms with Crippen LogP contribution in [0, 0.1) is 0 Å². The van der Waals surface area contributed by atoms with Crippen molar-refractivity contribution in [1.29, 1.82) is 0 Å². The molecule has 1 rings (SSSR count). The predicted molar refractivity (Wildman–Crippen MR) is 78.7 cm³/mol. The highest BCUT2D eigenvalue weighted by Gasteiger charge is 2.24. The zero-order chi connectivity index (χ0) is 14.5. The Bertz CT molecular complexity index is 483. The minimum Gasteiger partial charge on any atom is -0.399 e. The topological polar surface area (TPSA) is 75.4 Å². The maximum absolute atomic E-state index is 12.2. The smallest absolute Gasteiger partial charge is 0.279 e. The number of nitrogens with one attached hydrogen (secondary N) is 1. The molecule has 0 aliphatic rings. The Morgan fingerprint density at radius 3 is 2.32 bits per heavy atom. The van der Waals surface area contributed by atoms with Gasteiger partial charge >= 0.3 is 0 Å². The average Bonchev–Trinajstić information content (AvgIpc) is 2.35. The molecule has 0 aromatic heterocycles. The molecule has 5 nitrogen and oxygen atoms in total. The van der Waals surface area contributed by atoms with Crippen molar-refractivity contribution in [1.82, 2.24) is 9.03 Å². The van der Waals surface area contributed by atoms with Crippen molar-refractivity contribution in [3.8, 4) is 0 Å². The molecule has 0 unspecified atom stereocenters. The summed E-state index contributed by atoms with van der Waals surface area (Å²) in [6.07, 6.45) is 0.771. The molecule has 108 valence electrons. The Balaban J connectivity index is 2.86. The van der Waals surface area contributed by atoms with Crippen molar-refractivity contribution in [2.45, 2.75) is 39.8 Å². The van der Waals surface area contributed by atoms with E-state index in [0.717, 1.165) is 12.0 Å². The van der Waals surface area contributed by atoms with E-state index in [1.807, 2.05) is 32.9 Å². The van der Waals surface area contributed by atoms with Gasteiger partial charge in [-0.1, -0.05) is 19.1 Å². The van der Waals surface area contributed by atoms with Crippen LogP contribution in [0.1, 0.15) is 32.8 Å². The van der Waals surface area contributed by atoms with Crippen LogP contribution in [0.25, 0.3) is 0 Å².